The number of benzene rings is 1. The van der Waals surface area contributed by atoms with E-state index < -0.39 is 17.7 Å². The van der Waals surface area contributed by atoms with Crippen LogP contribution in [0.25, 0.3) is 28.4 Å². The van der Waals surface area contributed by atoms with Gasteiger partial charge in [-0.25, -0.2) is 8.91 Å². The summed E-state index contributed by atoms with van der Waals surface area (Å²) in [7, 11) is 0. The number of fused-ring (bicyclic) bond motifs is 1. The highest BCUT2D eigenvalue weighted by molar-refractivity contribution is 6.00. The third-order valence-corrected chi connectivity index (χ3v) is 6.19. The van der Waals surface area contributed by atoms with Crippen LogP contribution in [0.4, 0.5) is 15.8 Å². The summed E-state index contributed by atoms with van der Waals surface area (Å²) in [5, 5.41) is 37.1. The summed E-state index contributed by atoms with van der Waals surface area (Å²) in [6.07, 6.45) is 1.18. The molecular formula is C28H25FN8O3. The Morgan fingerprint density at radius 2 is 1.95 bits per heavy atom. The molecule has 0 spiro atoms. The van der Waals surface area contributed by atoms with Crippen molar-refractivity contribution in [2.75, 3.05) is 11.9 Å². The molecule has 3 N–H and O–H groups in total. The number of aliphatic hydroxyl groups is 1. The fourth-order valence-electron chi connectivity index (χ4n) is 3.93. The molecule has 0 bridgehead atoms. The number of alkyl halides is 1. The van der Waals surface area contributed by atoms with Gasteiger partial charge in [-0.15, -0.1) is 10.2 Å². The van der Waals surface area contributed by atoms with Gasteiger partial charge in [-0.2, -0.15) is 10.4 Å². The first kappa shape index (κ1) is 26.5. The summed E-state index contributed by atoms with van der Waals surface area (Å²) >= 11 is 0. The molecule has 40 heavy (non-hydrogen) atoms. The second-order valence-electron chi connectivity index (χ2n) is 9.69. The molecule has 12 heteroatoms. The van der Waals surface area contributed by atoms with Gasteiger partial charge in [-0.3, -0.25) is 9.78 Å². The molecule has 1 atom stereocenters. The third kappa shape index (κ3) is 5.50. The Morgan fingerprint density at radius 3 is 2.62 bits per heavy atom. The minimum atomic E-state index is -1.67. The molecule has 1 unspecified atom stereocenters. The monoisotopic (exact) mass is 540 g/mol. The molecule has 0 fully saturated rings. The summed E-state index contributed by atoms with van der Waals surface area (Å²) < 4.78 is 21.4. The lowest BCUT2D eigenvalue weighted by molar-refractivity contribution is -0.00177. The topological polar surface area (TPSA) is 154 Å². The van der Waals surface area contributed by atoms with Gasteiger partial charge in [0.2, 0.25) is 11.8 Å². The van der Waals surface area contributed by atoms with Crippen LogP contribution < -0.4 is 10.6 Å². The number of aryl methyl sites for hydroxylation is 1. The van der Waals surface area contributed by atoms with Gasteiger partial charge in [-0.05, 0) is 62.4 Å². The molecule has 0 aliphatic heterocycles. The maximum absolute atomic E-state index is 14.3. The van der Waals surface area contributed by atoms with Gasteiger partial charge >= 0.3 is 0 Å². The summed E-state index contributed by atoms with van der Waals surface area (Å²) in [6.45, 7) is 4.00. The Balaban J connectivity index is 1.49. The number of halogens is 1. The molecule has 0 aliphatic rings. The molecule has 0 aliphatic carbocycles. The molecule has 4 heterocycles. The molecule has 0 radical (unpaired) electrons. The minimum absolute atomic E-state index is 0.170. The van der Waals surface area contributed by atoms with E-state index in [9.17, 15) is 19.6 Å². The van der Waals surface area contributed by atoms with Crippen LogP contribution in [0.1, 0.15) is 35.7 Å². The first-order valence-corrected chi connectivity index (χ1v) is 12.3. The molecule has 1 aromatic carbocycles. The number of carbonyl (C=O) groups is 1. The van der Waals surface area contributed by atoms with Gasteiger partial charge in [-0.1, -0.05) is 0 Å². The largest absolute Gasteiger partial charge is 0.421 e. The lowest BCUT2D eigenvalue weighted by atomic mass is 10.0. The number of rotatable bonds is 8. The van der Waals surface area contributed by atoms with Crippen molar-refractivity contribution < 1.29 is 18.7 Å². The molecule has 202 valence electrons. The quantitative estimate of drug-likeness (QED) is 0.262. The van der Waals surface area contributed by atoms with Crippen LogP contribution in [0.15, 0.2) is 65.3 Å². The number of carbonyl (C=O) groups excluding carboxylic acids is 1. The molecule has 1 amide bonds. The van der Waals surface area contributed by atoms with Gasteiger partial charge < -0.3 is 20.2 Å². The zero-order valence-corrected chi connectivity index (χ0v) is 21.9. The number of amides is 1. The van der Waals surface area contributed by atoms with Crippen LogP contribution in [0, 0.1) is 18.3 Å². The zero-order chi connectivity index (χ0) is 28.4. The Hall–Kier alpha value is -5.15. The van der Waals surface area contributed by atoms with Crippen molar-refractivity contribution in [1.29, 1.82) is 5.26 Å². The molecule has 5 aromatic rings. The smallest absolute Gasteiger partial charge is 0.255 e. The normalized spacial score (nSPS) is 12.2. The lowest BCUT2D eigenvalue weighted by Crippen LogP contribution is -2.42. The summed E-state index contributed by atoms with van der Waals surface area (Å²) in [5.41, 5.74) is 2.64. The van der Waals surface area contributed by atoms with Crippen LogP contribution in [-0.2, 0) is 0 Å². The molecule has 0 saturated heterocycles. The van der Waals surface area contributed by atoms with Crippen LogP contribution in [0.5, 0.6) is 0 Å². The van der Waals surface area contributed by atoms with Gasteiger partial charge in [0.25, 0.3) is 5.91 Å². The van der Waals surface area contributed by atoms with Crippen molar-refractivity contribution in [2.45, 2.75) is 32.5 Å². The van der Waals surface area contributed by atoms with Crippen molar-refractivity contribution in [3.63, 3.8) is 0 Å². The molecule has 0 saturated carbocycles. The highest BCUT2D eigenvalue weighted by Crippen LogP contribution is 2.29. The fraction of sp³-hybridized carbons (Fsp3) is 0.214. The number of nitrogens with one attached hydrogen (secondary N) is 2. The molecule has 5 rings (SSSR count). The van der Waals surface area contributed by atoms with E-state index in [1.54, 1.807) is 47.8 Å². The van der Waals surface area contributed by atoms with E-state index in [1.807, 2.05) is 12.1 Å². The van der Waals surface area contributed by atoms with Crippen LogP contribution >= 0.6 is 0 Å². The Morgan fingerprint density at radius 1 is 1.18 bits per heavy atom. The zero-order valence-electron chi connectivity index (χ0n) is 21.9. The van der Waals surface area contributed by atoms with E-state index in [2.05, 4.69) is 37.0 Å². The third-order valence-electron chi connectivity index (χ3n) is 6.19. The number of nitriles is 1. The van der Waals surface area contributed by atoms with Crippen molar-refractivity contribution in [1.82, 2.24) is 30.1 Å². The van der Waals surface area contributed by atoms with Crippen molar-refractivity contribution in [3.8, 4) is 28.9 Å². The summed E-state index contributed by atoms with van der Waals surface area (Å²) in [4.78, 5) is 17.6. The van der Waals surface area contributed by atoms with E-state index in [-0.39, 0.29) is 12.1 Å². The van der Waals surface area contributed by atoms with E-state index in [0.717, 1.165) is 5.56 Å². The average molecular weight is 541 g/mol. The fourth-order valence-corrected chi connectivity index (χ4v) is 3.93. The molecular weight excluding hydrogens is 515 g/mol. The predicted molar refractivity (Wildman–Crippen MR) is 144 cm³/mol. The molecule has 11 nitrogen and oxygen atoms in total. The lowest BCUT2D eigenvalue weighted by Gasteiger charge is -2.22. The standard InChI is InChI=1S/C28H25FN8O3/c1-16-35-36-27(40-16)18-4-6-19(7-5-18)34-22-11-23(24-9-8-20-10-17(12-30)13-33-37(20)24)31-14-21(22)26(38)32-15-25(29)28(2,3)39/h4-11,13-14,25,39H,15H2,1-3H3,(H,31,34)(H,32,38). The van der Waals surface area contributed by atoms with Crippen LogP contribution in [0.2, 0.25) is 0 Å². The Bertz CT molecular complexity index is 1730. The van der Waals surface area contributed by atoms with Crippen molar-refractivity contribution >= 4 is 22.8 Å². The van der Waals surface area contributed by atoms with E-state index in [1.165, 1.54) is 26.2 Å². The van der Waals surface area contributed by atoms with E-state index in [4.69, 9.17) is 4.42 Å². The van der Waals surface area contributed by atoms with Crippen LogP contribution in [-0.4, -0.2) is 54.1 Å². The van der Waals surface area contributed by atoms with E-state index in [0.29, 0.717) is 45.6 Å². The van der Waals surface area contributed by atoms with Gasteiger partial charge in [0.15, 0.2) is 0 Å². The second kappa shape index (κ2) is 10.5. The molecule has 4 aromatic heterocycles. The van der Waals surface area contributed by atoms with E-state index >= 15 is 0 Å². The maximum atomic E-state index is 14.3. The number of anilines is 2. The summed E-state index contributed by atoms with van der Waals surface area (Å²) in [6, 6.07) is 16.3. The average Bonchev–Trinajstić information content (AvgIpc) is 3.57. The van der Waals surface area contributed by atoms with Gasteiger partial charge in [0, 0.05) is 24.4 Å². The first-order chi connectivity index (χ1) is 19.1. The number of nitrogens with zero attached hydrogens (tertiary/aromatic N) is 6. The number of hydrogen-bond donors (Lipinski definition) is 3. The highest BCUT2D eigenvalue weighted by Gasteiger charge is 2.27. The highest BCUT2D eigenvalue weighted by atomic mass is 19.1. The maximum Gasteiger partial charge on any atom is 0.255 e. The minimum Gasteiger partial charge on any atom is -0.421 e. The predicted octanol–water partition coefficient (Wildman–Crippen LogP) is 4.21. The first-order valence-electron chi connectivity index (χ1n) is 12.3. The number of pyridine rings is 1. The van der Waals surface area contributed by atoms with Crippen LogP contribution in [0.3, 0.4) is 0 Å². The SMILES string of the molecule is Cc1nnc(-c2ccc(Nc3cc(-c4ccc5cc(C#N)cnn45)ncc3C(=O)NCC(F)C(C)(C)O)cc2)o1. The Kier molecular flexibility index (Phi) is 6.98. The number of hydrogen-bond acceptors (Lipinski definition) is 9. The van der Waals surface area contributed by atoms with Gasteiger partial charge in [0.1, 0.15) is 12.2 Å². The van der Waals surface area contributed by atoms with Crippen molar-refractivity contribution in [2.24, 2.45) is 0 Å². The van der Waals surface area contributed by atoms with Crippen molar-refractivity contribution in [3.05, 3.63) is 77.9 Å². The number of aromatic nitrogens is 5. The Labute approximate surface area is 228 Å². The van der Waals surface area contributed by atoms with Gasteiger partial charge in [0.05, 0.1) is 52.1 Å². The second-order valence-corrected chi connectivity index (χ2v) is 9.69. The summed E-state index contributed by atoms with van der Waals surface area (Å²) in [5.74, 6) is 0.270.